The summed E-state index contributed by atoms with van der Waals surface area (Å²) in [5.41, 5.74) is 6.23. The second-order valence-corrected chi connectivity index (χ2v) is 5.98. The average Bonchev–Trinajstić information content (AvgIpc) is 2.53. The van der Waals surface area contributed by atoms with E-state index in [1.54, 1.807) is 24.3 Å². The third-order valence-electron chi connectivity index (χ3n) is 4.20. The summed E-state index contributed by atoms with van der Waals surface area (Å²) in [7, 11) is 0. The van der Waals surface area contributed by atoms with Crippen molar-refractivity contribution in [2.45, 2.75) is 45.1 Å². The van der Waals surface area contributed by atoms with E-state index in [0.717, 1.165) is 32.1 Å². The number of anilines is 1. The number of primary amides is 1. The van der Waals surface area contributed by atoms with E-state index in [0.29, 0.717) is 11.3 Å². The molecular formula is C17H23N3O3. The van der Waals surface area contributed by atoms with Crippen LogP contribution in [0.4, 0.5) is 5.69 Å². The molecule has 1 atom stereocenters. The Hall–Kier alpha value is -2.37. The van der Waals surface area contributed by atoms with Gasteiger partial charge in [-0.05, 0) is 30.9 Å². The van der Waals surface area contributed by atoms with E-state index in [1.807, 2.05) is 0 Å². The van der Waals surface area contributed by atoms with E-state index in [1.165, 1.54) is 6.92 Å². The molecule has 1 aliphatic carbocycles. The molecule has 0 unspecified atom stereocenters. The Kier molecular flexibility index (Phi) is 5.73. The van der Waals surface area contributed by atoms with Crippen molar-refractivity contribution in [2.24, 2.45) is 11.7 Å². The van der Waals surface area contributed by atoms with Gasteiger partial charge >= 0.3 is 0 Å². The molecule has 1 aromatic rings. The van der Waals surface area contributed by atoms with Crippen molar-refractivity contribution in [3.05, 3.63) is 29.8 Å². The summed E-state index contributed by atoms with van der Waals surface area (Å²) in [5, 5.41) is 5.37. The summed E-state index contributed by atoms with van der Waals surface area (Å²) in [6.45, 7) is 1.38. The average molecular weight is 317 g/mol. The van der Waals surface area contributed by atoms with Gasteiger partial charge in [0, 0.05) is 6.92 Å². The molecular weight excluding hydrogens is 294 g/mol. The number of rotatable bonds is 5. The maximum absolute atomic E-state index is 12.5. The number of para-hydroxylation sites is 1. The van der Waals surface area contributed by atoms with Crippen LogP contribution in [0.5, 0.6) is 0 Å². The van der Waals surface area contributed by atoms with Crippen LogP contribution in [0, 0.1) is 5.92 Å². The van der Waals surface area contributed by atoms with Crippen LogP contribution in [-0.2, 0) is 9.59 Å². The molecule has 2 rings (SSSR count). The molecule has 0 bridgehead atoms. The number of carbonyl (C=O) groups is 3. The van der Waals surface area contributed by atoms with Crippen LogP contribution in [0.25, 0.3) is 0 Å². The van der Waals surface area contributed by atoms with Crippen LogP contribution in [0.3, 0.4) is 0 Å². The molecule has 1 aromatic carbocycles. The number of carbonyl (C=O) groups excluding carboxylic acids is 3. The molecule has 3 amide bonds. The SMILES string of the molecule is CC(=O)Nc1ccccc1C(=O)N[C@@H](C(N)=O)C1CCCCC1. The Bertz CT molecular complexity index is 595. The standard InChI is InChI=1S/C17H23N3O3/c1-11(21)19-14-10-6-5-9-13(14)17(23)20-15(16(18)22)12-7-3-2-4-8-12/h5-6,9-10,12,15H,2-4,7-8H2,1H3,(H2,18,22)(H,19,21)(H,20,23)/t15-/m1/s1. The molecule has 0 radical (unpaired) electrons. The number of nitrogens with two attached hydrogens (primary N) is 1. The van der Waals surface area contributed by atoms with Crippen molar-refractivity contribution >= 4 is 23.4 Å². The molecule has 6 heteroatoms. The summed E-state index contributed by atoms with van der Waals surface area (Å²) in [6, 6.07) is 6.03. The van der Waals surface area contributed by atoms with Gasteiger partial charge in [0.2, 0.25) is 11.8 Å². The summed E-state index contributed by atoms with van der Waals surface area (Å²) in [4.78, 5) is 35.5. The Morgan fingerprint density at radius 3 is 2.39 bits per heavy atom. The van der Waals surface area contributed by atoms with Crippen molar-refractivity contribution in [2.75, 3.05) is 5.32 Å². The highest BCUT2D eigenvalue weighted by Gasteiger charge is 2.30. The minimum Gasteiger partial charge on any atom is -0.368 e. The fraction of sp³-hybridized carbons (Fsp3) is 0.471. The first kappa shape index (κ1) is 17.0. The van der Waals surface area contributed by atoms with Gasteiger partial charge in [-0.25, -0.2) is 0 Å². The summed E-state index contributed by atoms with van der Waals surface area (Å²) in [6.07, 6.45) is 5.03. The predicted octanol–water partition coefficient (Wildman–Crippen LogP) is 1.81. The Morgan fingerprint density at radius 1 is 1.13 bits per heavy atom. The van der Waals surface area contributed by atoms with Gasteiger partial charge in [0.15, 0.2) is 0 Å². The third kappa shape index (κ3) is 4.55. The molecule has 0 saturated heterocycles. The second kappa shape index (κ2) is 7.76. The lowest BCUT2D eigenvalue weighted by molar-refractivity contribution is -0.121. The third-order valence-corrected chi connectivity index (χ3v) is 4.20. The van der Waals surface area contributed by atoms with Gasteiger partial charge in [-0.15, -0.1) is 0 Å². The molecule has 0 spiro atoms. The minimum atomic E-state index is -0.673. The van der Waals surface area contributed by atoms with Crippen LogP contribution >= 0.6 is 0 Å². The smallest absolute Gasteiger partial charge is 0.254 e. The number of hydrogen-bond donors (Lipinski definition) is 3. The summed E-state index contributed by atoms with van der Waals surface area (Å²) < 4.78 is 0. The van der Waals surface area contributed by atoms with Crippen molar-refractivity contribution in [1.29, 1.82) is 0 Å². The molecule has 1 saturated carbocycles. The highest BCUT2D eigenvalue weighted by atomic mass is 16.2. The normalized spacial score (nSPS) is 16.4. The van der Waals surface area contributed by atoms with E-state index in [2.05, 4.69) is 10.6 Å². The molecule has 23 heavy (non-hydrogen) atoms. The molecule has 4 N–H and O–H groups in total. The lowest BCUT2D eigenvalue weighted by atomic mass is 9.83. The second-order valence-electron chi connectivity index (χ2n) is 5.98. The number of hydrogen-bond acceptors (Lipinski definition) is 3. The van der Waals surface area contributed by atoms with E-state index < -0.39 is 17.9 Å². The Morgan fingerprint density at radius 2 is 1.78 bits per heavy atom. The lowest BCUT2D eigenvalue weighted by Crippen LogP contribution is -2.49. The van der Waals surface area contributed by atoms with E-state index in [4.69, 9.17) is 5.73 Å². The van der Waals surface area contributed by atoms with Crippen LogP contribution in [0.15, 0.2) is 24.3 Å². The predicted molar refractivity (Wildman–Crippen MR) is 87.8 cm³/mol. The fourth-order valence-electron chi connectivity index (χ4n) is 3.09. The van der Waals surface area contributed by atoms with Gasteiger partial charge in [-0.2, -0.15) is 0 Å². The van der Waals surface area contributed by atoms with Gasteiger partial charge in [0.1, 0.15) is 6.04 Å². The number of nitrogens with one attached hydrogen (secondary N) is 2. The van der Waals surface area contributed by atoms with Gasteiger partial charge in [0.05, 0.1) is 11.3 Å². The van der Waals surface area contributed by atoms with Crippen LogP contribution in [-0.4, -0.2) is 23.8 Å². The van der Waals surface area contributed by atoms with Crippen molar-refractivity contribution in [3.63, 3.8) is 0 Å². The molecule has 1 aliphatic rings. The molecule has 1 fully saturated rings. The van der Waals surface area contributed by atoms with Crippen molar-refractivity contribution < 1.29 is 14.4 Å². The fourth-order valence-corrected chi connectivity index (χ4v) is 3.09. The lowest BCUT2D eigenvalue weighted by Gasteiger charge is -2.29. The topological polar surface area (TPSA) is 101 Å². The molecule has 0 aromatic heterocycles. The maximum atomic E-state index is 12.5. The van der Waals surface area contributed by atoms with E-state index in [9.17, 15) is 14.4 Å². The number of benzene rings is 1. The van der Waals surface area contributed by atoms with Crippen LogP contribution < -0.4 is 16.4 Å². The first-order valence-corrected chi connectivity index (χ1v) is 7.96. The zero-order valence-corrected chi connectivity index (χ0v) is 13.3. The Labute approximate surface area is 135 Å². The molecule has 124 valence electrons. The molecule has 0 aliphatic heterocycles. The first-order chi connectivity index (χ1) is 11.0. The molecule has 6 nitrogen and oxygen atoms in total. The first-order valence-electron chi connectivity index (χ1n) is 7.96. The number of amides is 3. The van der Waals surface area contributed by atoms with Crippen LogP contribution in [0.2, 0.25) is 0 Å². The molecule has 0 heterocycles. The zero-order valence-electron chi connectivity index (χ0n) is 13.3. The zero-order chi connectivity index (χ0) is 16.8. The highest BCUT2D eigenvalue weighted by molar-refractivity contribution is 6.04. The largest absolute Gasteiger partial charge is 0.368 e. The monoisotopic (exact) mass is 317 g/mol. The van der Waals surface area contributed by atoms with Crippen LogP contribution in [0.1, 0.15) is 49.4 Å². The highest BCUT2D eigenvalue weighted by Crippen LogP contribution is 2.27. The van der Waals surface area contributed by atoms with Crippen molar-refractivity contribution in [3.8, 4) is 0 Å². The Balaban J connectivity index is 2.15. The summed E-state index contributed by atoms with van der Waals surface area (Å²) in [5.74, 6) is -1.09. The van der Waals surface area contributed by atoms with E-state index >= 15 is 0 Å². The van der Waals surface area contributed by atoms with E-state index in [-0.39, 0.29) is 11.8 Å². The van der Waals surface area contributed by atoms with Gasteiger partial charge in [-0.3, -0.25) is 14.4 Å². The quantitative estimate of drug-likeness (QED) is 0.772. The minimum absolute atomic E-state index is 0.0816. The van der Waals surface area contributed by atoms with Gasteiger partial charge in [-0.1, -0.05) is 31.4 Å². The maximum Gasteiger partial charge on any atom is 0.254 e. The van der Waals surface area contributed by atoms with Crippen molar-refractivity contribution in [1.82, 2.24) is 5.32 Å². The summed E-state index contributed by atoms with van der Waals surface area (Å²) >= 11 is 0. The van der Waals surface area contributed by atoms with Gasteiger partial charge in [0.25, 0.3) is 5.91 Å². The van der Waals surface area contributed by atoms with Gasteiger partial charge < -0.3 is 16.4 Å².